The fourth-order valence-electron chi connectivity index (χ4n) is 1.61. The van der Waals surface area contributed by atoms with Gasteiger partial charge < -0.3 is 14.9 Å². The fraction of sp³-hybridized carbons (Fsp3) is 0.231. The van der Waals surface area contributed by atoms with Crippen LogP contribution < -0.4 is 10.5 Å². The molecule has 0 amide bonds. The first-order valence-electron chi connectivity index (χ1n) is 5.46. The summed E-state index contributed by atoms with van der Waals surface area (Å²) < 4.78 is 23.8. The highest BCUT2D eigenvalue weighted by Gasteiger charge is 2.08. The zero-order valence-corrected chi connectivity index (χ0v) is 10.6. The number of rotatable bonds is 4. The van der Waals surface area contributed by atoms with Crippen LogP contribution in [0.2, 0.25) is 5.02 Å². The van der Waals surface area contributed by atoms with Crippen molar-refractivity contribution in [1.82, 2.24) is 0 Å². The van der Waals surface area contributed by atoms with E-state index in [9.17, 15) is 4.39 Å². The highest BCUT2D eigenvalue weighted by molar-refractivity contribution is 6.32. The quantitative estimate of drug-likeness (QED) is 0.925. The van der Waals surface area contributed by atoms with Gasteiger partial charge in [0.1, 0.15) is 29.7 Å². The molecule has 0 aliphatic carbocycles. The first-order chi connectivity index (χ1) is 8.60. The predicted molar refractivity (Wildman–Crippen MR) is 67.1 cm³/mol. The first kappa shape index (κ1) is 12.9. The van der Waals surface area contributed by atoms with E-state index in [0.717, 1.165) is 11.3 Å². The van der Waals surface area contributed by atoms with Crippen molar-refractivity contribution in [3.8, 4) is 5.75 Å². The number of furan rings is 1. The topological polar surface area (TPSA) is 48.4 Å². The van der Waals surface area contributed by atoms with Gasteiger partial charge in [-0.1, -0.05) is 11.6 Å². The van der Waals surface area contributed by atoms with Crippen LogP contribution in [0.3, 0.4) is 0 Å². The molecule has 2 rings (SSSR count). The molecule has 5 heteroatoms. The molecule has 96 valence electrons. The zero-order valence-electron chi connectivity index (χ0n) is 9.87. The standard InChI is InChI=1S/C13H13ClFNO2/c1-8-4-10(18-13(8)6-16)7-17-12-3-2-9(15)5-11(12)14/h2-5H,6-7,16H2,1H3. The summed E-state index contributed by atoms with van der Waals surface area (Å²) in [6, 6.07) is 5.84. The Morgan fingerprint density at radius 2 is 2.17 bits per heavy atom. The predicted octanol–water partition coefficient (Wildman–Crippen LogP) is 3.42. The molecule has 0 spiro atoms. The monoisotopic (exact) mass is 269 g/mol. The van der Waals surface area contributed by atoms with Crippen LogP contribution in [0.15, 0.2) is 28.7 Å². The molecule has 2 N–H and O–H groups in total. The van der Waals surface area contributed by atoms with Crippen LogP contribution in [-0.2, 0) is 13.2 Å². The summed E-state index contributed by atoms with van der Waals surface area (Å²) >= 11 is 5.84. The van der Waals surface area contributed by atoms with Crippen molar-refractivity contribution in [3.63, 3.8) is 0 Å². The molecule has 18 heavy (non-hydrogen) atoms. The Morgan fingerprint density at radius 1 is 1.39 bits per heavy atom. The van der Waals surface area contributed by atoms with Crippen molar-refractivity contribution >= 4 is 11.6 Å². The van der Waals surface area contributed by atoms with Gasteiger partial charge >= 0.3 is 0 Å². The summed E-state index contributed by atoms with van der Waals surface area (Å²) in [7, 11) is 0. The van der Waals surface area contributed by atoms with Crippen molar-refractivity contribution < 1.29 is 13.5 Å². The van der Waals surface area contributed by atoms with Crippen molar-refractivity contribution in [2.75, 3.05) is 0 Å². The number of hydrogen-bond acceptors (Lipinski definition) is 3. The first-order valence-corrected chi connectivity index (χ1v) is 5.84. The van der Waals surface area contributed by atoms with Crippen LogP contribution in [0.1, 0.15) is 17.1 Å². The molecule has 1 heterocycles. The van der Waals surface area contributed by atoms with Crippen LogP contribution in [0.5, 0.6) is 5.75 Å². The second-order valence-corrected chi connectivity index (χ2v) is 4.29. The second kappa shape index (κ2) is 5.42. The molecule has 0 unspecified atom stereocenters. The largest absolute Gasteiger partial charge is 0.484 e. The minimum Gasteiger partial charge on any atom is -0.484 e. The number of aryl methyl sites for hydroxylation is 1. The summed E-state index contributed by atoms with van der Waals surface area (Å²) in [6.07, 6.45) is 0. The molecule has 1 aromatic heterocycles. The minimum atomic E-state index is -0.397. The molecule has 0 saturated carbocycles. The van der Waals surface area contributed by atoms with E-state index in [2.05, 4.69) is 0 Å². The van der Waals surface area contributed by atoms with Gasteiger partial charge in [-0.2, -0.15) is 0 Å². The van der Waals surface area contributed by atoms with Crippen molar-refractivity contribution in [2.45, 2.75) is 20.1 Å². The van der Waals surface area contributed by atoms with Crippen LogP contribution in [-0.4, -0.2) is 0 Å². The molecule has 0 saturated heterocycles. The highest BCUT2D eigenvalue weighted by Crippen LogP contribution is 2.26. The van der Waals surface area contributed by atoms with E-state index in [1.807, 2.05) is 13.0 Å². The van der Waals surface area contributed by atoms with E-state index in [1.165, 1.54) is 18.2 Å². The number of hydrogen-bond donors (Lipinski definition) is 1. The molecule has 0 aliphatic heterocycles. The van der Waals surface area contributed by atoms with Gasteiger partial charge in [0.05, 0.1) is 11.6 Å². The molecule has 0 atom stereocenters. The lowest BCUT2D eigenvalue weighted by molar-refractivity contribution is 0.266. The Balaban J connectivity index is 2.06. The Bertz CT molecular complexity index is 554. The number of nitrogens with two attached hydrogens (primary N) is 1. The summed E-state index contributed by atoms with van der Waals surface area (Å²) in [4.78, 5) is 0. The maximum atomic E-state index is 12.8. The lowest BCUT2D eigenvalue weighted by Gasteiger charge is -2.06. The summed E-state index contributed by atoms with van der Waals surface area (Å²) in [5.41, 5.74) is 6.50. The van der Waals surface area contributed by atoms with Crippen molar-refractivity contribution in [1.29, 1.82) is 0 Å². The minimum absolute atomic E-state index is 0.228. The van der Waals surface area contributed by atoms with E-state index in [4.69, 9.17) is 26.5 Å². The van der Waals surface area contributed by atoms with Crippen LogP contribution in [0.4, 0.5) is 4.39 Å². The Labute approximate surface area is 109 Å². The van der Waals surface area contributed by atoms with Gasteiger partial charge in [-0.25, -0.2) is 4.39 Å². The van der Waals surface area contributed by atoms with Gasteiger partial charge in [0, 0.05) is 0 Å². The van der Waals surface area contributed by atoms with Crippen LogP contribution in [0.25, 0.3) is 0 Å². The smallest absolute Gasteiger partial charge is 0.146 e. The molecule has 1 aromatic carbocycles. The van der Waals surface area contributed by atoms with Gasteiger partial charge in [-0.05, 0) is 36.8 Å². The molecule has 0 radical (unpaired) electrons. The highest BCUT2D eigenvalue weighted by atomic mass is 35.5. The zero-order chi connectivity index (χ0) is 13.1. The van der Waals surface area contributed by atoms with E-state index >= 15 is 0 Å². The maximum Gasteiger partial charge on any atom is 0.146 e. The van der Waals surface area contributed by atoms with E-state index in [-0.39, 0.29) is 11.6 Å². The third-order valence-electron chi connectivity index (χ3n) is 2.52. The van der Waals surface area contributed by atoms with E-state index in [1.54, 1.807) is 0 Å². The summed E-state index contributed by atoms with van der Waals surface area (Å²) in [5, 5.41) is 0.234. The third kappa shape index (κ3) is 2.83. The van der Waals surface area contributed by atoms with E-state index in [0.29, 0.717) is 18.1 Å². The lowest BCUT2D eigenvalue weighted by Crippen LogP contribution is -1.96. The van der Waals surface area contributed by atoms with E-state index < -0.39 is 5.82 Å². The molecule has 3 nitrogen and oxygen atoms in total. The van der Waals surface area contributed by atoms with Crippen molar-refractivity contribution in [3.05, 3.63) is 52.2 Å². The van der Waals surface area contributed by atoms with Gasteiger partial charge in [-0.3, -0.25) is 0 Å². The third-order valence-corrected chi connectivity index (χ3v) is 2.82. The summed E-state index contributed by atoms with van der Waals surface area (Å²) in [6.45, 7) is 2.50. The Kier molecular flexibility index (Phi) is 3.89. The average molecular weight is 270 g/mol. The molecule has 0 aliphatic rings. The molecular formula is C13H13ClFNO2. The SMILES string of the molecule is Cc1cc(COc2ccc(F)cc2Cl)oc1CN. The van der Waals surface area contributed by atoms with Gasteiger partial charge in [0.15, 0.2) is 0 Å². The molecular weight excluding hydrogens is 257 g/mol. The fourth-order valence-corrected chi connectivity index (χ4v) is 1.83. The lowest BCUT2D eigenvalue weighted by atomic mass is 10.2. The summed E-state index contributed by atoms with van der Waals surface area (Å²) in [5.74, 6) is 1.42. The van der Waals surface area contributed by atoms with Gasteiger partial charge in [0.2, 0.25) is 0 Å². The number of ether oxygens (including phenoxy) is 1. The average Bonchev–Trinajstić information content (AvgIpc) is 2.69. The Morgan fingerprint density at radius 3 is 2.78 bits per heavy atom. The maximum absolute atomic E-state index is 12.8. The van der Waals surface area contributed by atoms with Crippen LogP contribution in [0, 0.1) is 12.7 Å². The number of halogens is 2. The molecule has 2 aromatic rings. The van der Waals surface area contributed by atoms with Gasteiger partial charge in [-0.15, -0.1) is 0 Å². The van der Waals surface area contributed by atoms with Crippen LogP contribution >= 0.6 is 11.6 Å². The second-order valence-electron chi connectivity index (χ2n) is 3.89. The van der Waals surface area contributed by atoms with Crippen molar-refractivity contribution in [2.24, 2.45) is 5.73 Å². The van der Waals surface area contributed by atoms with Gasteiger partial charge in [0.25, 0.3) is 0 Å². The Hall–Kier alpha value is -1.52. The molecule has 0 bridgehead atoms. The normalized spacial score (nSPS) is 10.7. The number of benzene rings is 1. The molecule has 0 fully saturated rings.